The third-order valence-electron chi connectivity index (χ3n) is 5.80. The molecule has 0 spiro atoms. The molecule has 1 aromatic heterocycles. The summed E-state index contributed by atoms with van der Waals surface area (Å²) in [4.78, 5) is 30.7. The molecule has 0 saturated carbocycles. The smallest absolute Gasteiger partial charge is 0.254 e. The highest BCUT2D eigenvalue weighted by Gasteiger charge is 2.20. The molecule has 0 aliphatic rings. The van der Waals surface area contributed by atoms with Crippen LogP contribution in [0.1, 0.15) is 41.4 Å². The first-order chi connectivity index (χ1) is 15.3. The van der Waals surface area contributed by atoms with Crippen molar-refractivity contribution in [3.8, 4) is 5.69 Å². The number of nitrogens with one attached hydrogen (secondary N) is 1. The Labute approximate surface area is 187 Å². The monoisotopic (exact) mass is 426 g/mol. The summed E-state index contributed by atoms with van der Waals surface area (Å²) < 4.78 is 2.05. The van der Waals surface area contributed by atoms with Crippen LogP contribution < -0.4 is 5.32 Å². The Morgan fingerprint density at radius 2 is 1.75 bits per heavy atom. The normalized spacial score (nSPS) is 11.9. The Balaban J connectivity index is 1.54. The highest BCUT2D eigenvalue weighted by atomic mass is 16.2. The molecule has 0 aliphatic heterocycles. The van der Waals surface area contributed by atoms with Crippen LogP contribution in [-0.4, -0.2) is 33.3 Å². The number of carbonyl (C=O) groups is 2. The molecule has 4 aromatic rings. The van der Waals surface area contributed by atoms with Crippen LogP contribution in [0.15, 0.2) is 73.1 Å². The lowest BCUT2D eigenvalue weighted by Crippen LogP contribution is -2.29. The third kappa shape index (κ3) is 4.12. The number of imidazole rings is 1. The first-order valence-electron chi connectivity index (χ1n) is 10.5. The Morgan fingerprint density at radius 1 is 1.03 bits per heavy atom. The van der Waals surface area contributed by atoms with Gasteiger partial charge in [0.05, 0.1) is 17.1 Å². The van der Waals surface area contributed by atoms with Crippen molar-refractivity contribution in [3.63, 3.8) is 0 Å². The van der Waals surface area contributed by atoms with E-state index in [0.29, 0.717) is 11.3 Å². The van der Waals surface area contributed by atoms with Gasteiger partial charge < -0.3 is 10.2 Å². The number of rotatable bonds is 5. The van der Waals surface area contributed by atoms with Crippen molar-refractivity contribution >= 4 is 28.5 Å². The van der Waals surface area contributed by atoms with E-state index in [2.05, 4.69) is 14.9 Å². The summed E-state index contributed by atoms with van der Waals surface area (Å²) in [7, 11) is 1.79. The minimum absolute atomic E-state index is 0.103. The van der Waals surface area contributed by atoms with Gasteiger partial charge >= 0.3 is 0 Å². The number of hydrogen-bond acceptors (Lipinski definition) is 3. The highest BCUT2D eigenvalue weighted by Crippen LogP contribution is 2.25. The molecule has 0 bridgehead atoms. The number of para-hydroxylation sites is 2. The number of benzene rings is 3. The maximum atomic E-state index is 13.1. The summed E-state index contributed by atoms with van der Waals surface area (Å²) in [5.74, 6) is -0.265. The zero-order valence-electron chi connectivity index (χ0n) is 18.7. The van der Waals surface area contributed by atoms with E-state index in [1.807, 2.05) is 74.8 Å². The topological polar surface area (TPSA) is 67.2 Å². The van der Waals surface area contributed by atoms with Crippen LogP contribution >= 0.6 is 0 Å². The molecule has 32 heavy (non-hydrogen) atoms. The van der Waals surface area contributed by atoms with E-state index in [9.17, 15) is 9.59 Å². The first-order valence-corrected chi connectivity index (χ1v) is 10.5. The minimum atomic E-state index is -0.162. The molecule has 0 aliphatic carbocycles. The predicted molar refractivity (Wildman–Crippen MR) is 127 cm³/mol. The summed E-state index contributed by atoms with van der Waals surface area (Å²) in [6.07, 6.45) is 1.82. The van der Waals surface area contributed by atoms with Crippen LogP contribution in [0.25, 0.3) is 16.7 Å². The van der Waals surface area contributed by atoms with E-state index in [4.69, 9.17) is 0 Å². The van der Waals surface area contributed by atoms with E-state index >= 15 is 0 Å². The molecule has 162 valence electrons. The summed E-state index contributed by atoms with van der Waals surface area (Å²) in [6.45, 7) is 5.36. The number of amides is 2. The molecule has 1 unspecified atom stereocenters. The van der Waals surface area contributed by atoms with E-state index in [1.165, 1.54) is 6.92 Å². The quantitative estimate of drug-likeness (QED) is 0.481. The SMILES string of the molecule is CC(=O)Nc1cc(C(=O)N(C)C(C)c2ccc(-n3cnc4ccccc43)cc2)ccc1C. The molecule has 0 saturated heterocycles. The van der Waals surface area contributed by atoms with Gasteiger partial charge in [0.15, 0.2) is 0 Å². The summed E-state index contributed by atoms with van der Waals surface area (Å²) in [6, 6.07) is 21.4. The number of carbonyl (C=O) groups excluding carboxylic acids is 2. The zero-order chi connectivity index (χ0) is 22.8. The van der Waals surface area contributed by atoms with Crippen LogP contribution in [-0.2, 0) is 4.79 Å². The molecule has 1 atom stereocenters. The van der Waals surface area contributed by atoms with Gasteiger partial charge in [-0.1, -0.05) is 30.3 Å². The first kappa shape index (κ1) is 21.3. The standard InChI is InChI=1S/C26H26N4O2/c1-17-9-10-21(15-24(17)28-19(3)31)26(32)29(4)18(2)20-11-13-22(14-12-20)30-16-27-23-7-5-6-8-25(23)30/h5-16,18H,1-4H3,(H,28,31). The van der Waals surface area contributed by atoms with Gasteiger partial charge in [-0.05, 0) is 61.4 Å². The number of hydrogen-bond donors (Lipinski definition) is 1. The fourth-order valence-electron chi connectivity index (χ4n) is 3.76. The number of fused-ring (bicyclic) bond motifs is 1. The maximum absolute atomic E-state index is 13.1. The lowest BCUT2D eigenvalue weighted by Gasteiger charge is -2.26. The highest BCUT2D eigenvalue weighted by molar-refractivity contribution is 5.97. The second kappa shape index (κ2) is 8.67. The number of aryl methyl sites for hydroxylation is 1. The van der Waals surface area contributed by atoms with E-state index in [-0.39, 0.29) is 17.9 Å². The summed E-state index contributed by atoms with van der Waals surface area (Å²) >= 11 is 0. The van der Waals surface area contributed by atoms with Crippen molar-refractivity contribution in [1.29, 1.82) is 0 Å². The Bertz CT molecular complexity index is 1290. The van der Waals surface area contributed by atoms with Crippen molar-refractivity contribution in [2.45, 2.75) is 26.8 Å². The van der Waals surface area contributed by atoms with Gasteiger partial charge in [0.2, 0.25) is 5.91 Å². The second-order valence-electron chi connectivity index (χ2n) is 8.00. The Kier molecular flexibility index (Phi) is 5.77. The van der Waals surface area contributed by atoms with E-state index in [0.717, 1.165) is 27.8 Å². The molecular weight excluding hydrogens is 400 g/mol. The fourth-order valence-corrected chi connectivity index (χ4v) is 3.76. The van der Waals surface area contributed by atoms with E-state index in [1.54, 1.807) is 24.1 Å². The zero-order valence-corrected chi connectivity index (χ0v) is 18.7. The van der Waals surface area contributed by atoms with Crippen LogP contribution in [0.3, 0.4) is 0 Å². The van der Waals surface area contributed by atoms with Crippen molar-refractivity contribution < 1.29 is 9.59 Å². The summed E-state index contributed by atoms with van der Waals surface area (Å²) in [5, 5.41) is 2.78. The lowest BCUT2D eigenvalue weighted by molar-refractivity contribution is -0.114. The Hall–Kier alpha value is -3.93. The molecular formula is C26H26N4O2. The molecule has 1 N–H and O–H groups in total. The van der Waals surface area contributed by atoms with Gasteiger partial charge in [-0.3, -0.25) is 14.2 Å². The molecule has 4 rings (SSSR count). The van der Waals surface area contributed by atoms with Crippen LogP contribution in [0.4, 0.5) is 5.69 Å². The van der Waals surface area contributed by atoms with Crippen molar-refractivity contribution in [2.75, 3.05) is 12.4 Å². The van der Waals surface area contributed by atoms with Crippen LogP contribution in [0.5, 0.6) is 0 Å². The number of nitrogens with zero attached hydrogens (tertiary/aromatic N) is 3. The van der Waals surface area contributed by atoms with Gasteiger partial charge in [-0.25, -0.2) is 4.98 Å². The molecule has 1 heterocycles. The fraction of sp³-hybridized carbons (Fsp3) is 0.192. The molecule has 0 fully saturated rings. The number of aromatic nitrogens is 2. The van der Waals surface area contributed by atoms with Crippen molar-refractivity contribution in [3.05, 3.63) is 89.7 Å². The van der Waals surface area contributed by atoms with Crippen LogP contribution in [0.2, 0.25) is 0 Å². The van der Waals surface area contributed by atoms with Crippen molar-refractivity contribution in [2.24, 2.45) is 0 Å². The van der Waals surface area contributed by atoms with Crippen molar-refractivity contribution in [1.82, 2.24) is 14.5 Å². The van der Waals surface area contributed by atoms with Gasteiger partial charge in [-0.2, -0.15) is 0 Å². The average Bonchev–Trinajstić information content (AvgIpc) is 3.23. The molecule has 3 aromatic carbocycles. The van der Waals surface area contributed by atoms with Gasteiger partial charge in [0, 0.05) is 30.9 Å². The minimum Gasteiger partial charge on any atom is -0.335 e. The predicted octanol–water partition coefficient (Wildman–Crippen LogP) is 5.13. The molecule has 6 nitrogen and oxygen atoms in total. The molecule has 0 radical (unpaired) electrons. The summed E-state index contributed by atoms with van der Waals surface area (Å²) in [5.41, 5.74) is 6.15. The molecule has 6 heteroatoms. The lowest BCUT2D eigenvalue weighted by atomic mass is 10.0. The Morgan fingerprint density at radius 3 is 2.47 bits per heavy atom. The maximum Gasteiger partial charge on any atom is 0.254 e. The third-order valence-corrected chi connectivity index (χ3v) is 5.80. The largest absolute Gasteiger partial charge is 0.335 e. The molecule has 2 amide bonds. The van der Waals surface area contributed by atoms with E-state index < -0.39 is 0 Å². The van der Waals surface area contributed by atoms with Gasteiger partial charge in [-0.15, -0.1) is 0 Å². The second-order valence-corrected chi connectivity index (χ2v) is 8.00. The van der Waals surface area contributed by atoms with Gasteiger partial charge in [0.1, 0.15) is 6.33 Å². The van der Waals surface area contributed by atoms with Crippen LogP contribution in [0, 0.1) is 6.92 Å². The average molecular weight is 427 g/mol. The van der Waals surface area contributed by atoms with Gasteiger partial charge in [0.25, 0.3) is 5.91 Å². The number of anilines is 1.